The van der Waals surface area contributed by atoms with Crippen LogP contribution in [-0.4, -0.2) is 29.5 Å². The molecule has 2 heterocycles. The first-order chi connectivity index (χ1) is 9.16. The van der Waals surface area contributed by atoms with E-state index in [2.05, 4.69) is 9.97 Å². The first-order valence-corrected chi connectivity index (χ1v) is 6.16. The Kier molecular flexibility index (Phi) is 2.83. The molecule has 5 nitrogen and oxygen atoms in total. The van der Waals surface area contributed by atoms with Gasteiger partial charge in [-0.3, -0.25) is 4.79 Å². The Hall–Kier alpha value is -2.14. The SMILES string of the molecule is CN1C(=O)CN(c2ccccc2)c2nc(Cl)ncc21. The van der Waals surface area contributed by atoms with Crippen LogP contribution in [0.4, 0.5) is 17.2 Å². The summed E-state index contributed by atoms with van der Waals surface area (Å²) in [5, 5.41) is 0.169. The van der Waals surface area contributed by atoms with Gasteiger partial charge in [0.15, 0.2) is 5.82 Å². The lowest BCUT2D eigenvalue weighted by Crippen LogP contribution is -2.42. The highest BCUT2D eigenvalue weighted by molar-refractivity contribution is 6.28. The Morgan fingerprint density at radius 3 is 2.74 bits per heavy atom. The maximum atomic E-state index is 12.0. The fraction of sp³-hybridized carbons (Fsp3) is 0.154. The van der Waals surface area contributed by atoms with Crippen molar-refractivity contribution in [2.24, 2.45) is 0 Å². The standard InChI is InChI=1S/C13H11ClN4O/c1-17-10-7-15-13(14)16-12(10)18(8-11(17)19)9-5-3-2-4-6-9/h2-7H,8H2,1H3. The second-order valence-electron chi connectivity index (χ2n) is 4.22. The molecule has 0 bridgehead atoms. The van der Waals surface area contributed by atoms with Crippen molar-refractivity contribution in [2.75, 3.05) is 23.4 Å². The number of carbonyl (C=O) groups excluding carboxylic acids is 1. The summed E-state index contributed by atoms with van der Waals surface area (Å²) in [5.74, 6) is 0.635. The summed E-state index contributed by atoms with van der Waals surface area (Å²) in [4.78, 5) is 23.6. The van der Waals surface area contributed by atoms with Crippen LogP contribution in [0.15, 0.2) is 36.5 Å². The lowest BCUT2D eigenvalue weighted by atomic mass is 10.2. The highest BCUT2D eigenvalue weighted by atomic mass is 35.5. The van der Waals surface area contributed by atoms with Crippen molar-refractivity contribution in [3.05, 3.63) is 41.8 Å². The van der Waals surface area contributed by atoms with Crippen molar-refractivity contribution in [1.82, 2.24) is 9.97 Å². The van der Waals surface area contributed by atoms with E-state index in [4.69, 9.17) is 11.6 Å². The van der Waals surface area contributed by atoms with Crippen molar-refractivity contribution >= 4 is 34.7 Å². The van der Waals surface area contributed by atoms with Gasteiger partial charge >= 0.3 is 0 Å². The van der Waals surface area contributed by atoms with Gasteiger partial charge in [-0.05, 0) is 23.7 Å². The van der Waals surface area contributed by atoms with Gasteiger partial charge in [0.1, 0.15) is 12.2 Å². The normalized spacial score (nSPS) is 14.5. The summed E-state index contributed by atoms with van der Waals surface area (Å²) in [5.41, 5.74) is 1.56. The van der Waals surface area contributed by atoms with E-state index in [0.29, 0.717) is 11.5 Å². The smallest absolute Gasteiger partial charge is 0.246 e. The van der Waals surface area contributed by atoms with E-state index in [1.165, 1.54) is 0 Å². The van der Waals surface area contributed by atoms with Crippen LogP contribution in [0.5, 0.6) is 0 Å². The van der Waals surface area contributed by atoms with Crippen LogP contribution in [-0.2, 0) is 4.79 Å². The third-order valence-electron chi connectivity index (χ3n) is 3.07. The molecule has 0 atom stereocenters. The number of likely N-dealkylation sites (N-methyl/N-ethyl adjacent to an activating group) is 1. The molecule has 1 aromatic heterocycles. The molecular weight excluding hydrogens is 264 g/mol. The first-order valence-electron chi connectivity index (χ1n) is 5.78. The zero-order valence-electron chi connectivity index (χ0n) is 10.2. The van der Waals surface area contributed by atoms with Crippen LogP contribution >= 0.6 is 11.6 Å². The molecule has 2 aromatic rings. The van der Waals surface area contributed by atoms with Crippen LogP contribution < -0.4 is 9.80 Å². The summed E-state index contributed by atoms with van der Waals surface area (Å²) < 4.78 is 0. The minimum absolute atomic E-state index is 0.0118. The van der Waals surface area contributed by atoms with Crippen molar-refractivity contribution in [3.63, 3.8) is 0 Å². The number of rotatable bonds is 1. The number of carbonyl (C=O) groups is 1. The molecule has 0 saturated heterocycles. The zero-order chi connectivity index (χ0) is 13.4. The van der Waals surface area contributed by atoms with E-state index in [-0.39, 0.29) is 17.7 Å². The molecule has 1 aliphatic rings. The minimum atomic E-state index is -0.0118. The number of benzene rings is 1. The van der Waals surface area contributed by atoms with E-state index in [9.17, 15) is 4.79 Å². The second kappa shape index (κ2) is 4.51. The van der Waals surface area contributed by atoms with E-state index in [0.717, 1.165) is 5.69 Å². The molecule has 0 aliphatic carbocycles. The lowest BCUT2D eigenvalue weighted by Gasteiger charge is -2.33. The Bertz CT molecular complexity index is 632. The summed E-state index contributed by atoms with van der Waals surface area (Å²) >= 11 is 5.86. The number of aromatic nitrogens is 2. The maximum Gasteiger partial charge on any atom is 0.246 e. The summed E-state index contributed by atoms with van der Waals surface area (Å²) in [6.07, 6.45) is 1.57. The maximum absolute atomic E-state index is 12.0. The van der Waals surface area contributed by atoms with Crippen molar-refractivity contribution in [1.29, 1.82) is 0 Å². The van der Waals surface area contributed by atoms with Gasteiger partial charge in [-0.15, -0.1) is 0 Å². The van der Waals surface area contributed by atoms with E-state index in [1.54, 1.807) is 18.1 Å². The van der Waals surface area contributed by atoms with Gasteiger partial charge in [0, 0.05) is 12.7 Å². The number of anilines is 3. The van der Waals surface area contributed by atoms with Crippen molar-refractivity contribution in [3.8, 4) is 0 Å². The first kappa shape index (κ1) is 11.9. The Morgan fingerprint density at radius 2 is 2.00 bits per heavy atom. The van der Waals surface area contributed by atoms with Gasteiger partial charge in [-0.25, -0.2) is 4.98 Å². The zero-order valence-corrected chi connectivity index (χ0v) is 11.0. The van der Waals surface area contributed by atoms with E-state index >= 15 is 0 Å². The molecule has 1 aliphatic heterocycles. The Labute approximate surface area is 115 Å². The summed E-state index contributed by atoms with van der Waals surface area (Å²) in [6, 6.07) is 9.62. The van der Waals surface area contributed by atoms with Crippen LogP contribution in [0.1, 0.15) is 0 Å². The van der Waals surface area contributed by atoms with Crippen LogP contribution in [0.25, 0.3) is 0 Å². The largest absolute Gasteiger partial charge is 0.315 e. The summed E-state index contributed by atoms with van der Waals surface area (Å²) in [7, 11) is 1.71. The number of para-hydroxylation sites is 1. The van der Waals surface area contributed by atoms with Crippen LogP contribution in [0.3, 0.4) is 0 Å². The molecule has 3 rings (SSSR count). The number of hydrogen-bond acceptors (Lipinski definition) is 4. The quantitative estimate of drug-likeness (QED) is 0.749. The number of halogens is 1. The topological polar surface area (TPSA) is 49.3 Å². The van der Waals surface area contributed by atoms with E-state index < -0.39 is 0 Å². The fourth-order valence-electron chi connectivity index (χ4n) is 2.05. The van der Waals surface area contributed by atoms with Gasteiger partial charge in [0.2, 0.25) is 11.2 Å². The third-order valence-corrected chi connectivity index (χ3v) is 3.26. The highest BCUT2D eigenvalue weighted by Crippen LogP contribution is 2.35. The van der Waals surface area contributed by atoms with E-state index in [1.807, 2.05) is 35.2 Å². The molecule has 6 heteroatoms. The summed E-state index contributed by atoms with van der Waals surface area (Å²) in [6.45, 7) is 0.237. The molecule has 0 fully saturated rings. The lowest BCUT2D eigenvalue weighted by molar-refractivity contribution is -0.117. The molecule has 0 saturated carbocycles. The molecule has 19 heavy (non-hydrogen) atoms. The minimum Gasteiger partial charge on any atom is -0.315 e. The van der Waals surface area contributed by atoms with Crippen LogP contribution in [0, 0.1) is 0 Å². The van der Waals surface area contributed by atoms with Gasteiger partial charge < -0.3 is 9.80 Å². The predicted molar refractivity (Wildman–Crippen MR) is 73.9 cm³/mol. The second-order valence-corrected chi connectivity index (χ2v) is 4.56. The number of fused-ring (bicyclic) bond motifs is 1. The number of nitrogens with zero attached hydrogens (tertiary/aromatic N) is 4. The van der Waals surface area contributed by atoms with Gasteiger partial charge in [0.25, 0.3) is 0 Å². The molecule has 96 valence electrons. The molecule has 0 radical (unpaired) electrons. The highest BCUT2D eigenvalue weighted by Gasteiger charge is 2.29. The van der Waals surface area contributed by atoms with Crippen molar-refractivity contribution < 1.29 is 4.79 Å². The molecular formula is C13H11ClN4O. The fourth-order valence-corrected chi connectivity index (χ4v) is 2.18. The number of hydrogen-bond donors (Lipinski definition) is 0. The predicted octanol–water partition coefficient (Wildman–Crippen LogP) is 2.24. The molecule has 0 spiro atoms. The Balaban J connectivity index is 2.15. The third kappa shape index (κ3) is 2.02. The van der Waals surface area contributed by atoms with Gasteiger partial charge in [-0.2, -0.15) is 4.98 Å². The van der Waals surface area contributed by atoms with Gasteiger partial charge in [-0.1, -0.05) is 18.2 Å². The van der Waals surface area contributed by atoms with Crippen LogP contribution in [0.2, 0.25) is 5.28 Å². The monoisotopic (exact) mass is 274 g/mol. The molecule has 0 N–H and O–H groups in total. The Morgan fingerprint density at radius 1 is 1.26 bits per heavy atom. The average molecular weight is 275 g/mol. The average Bonchev–Trinajstić information content (AvgIpc) is 2.43. The van der Waals surface area contributed by atoms with Crippen molar-refractivity contribution in [2.45, 2.75) is 0 Å². The van der Waals surface area contributed by atoms with Gasteiger partial charge in [0.05, 0.1) is 6.20 Å². The molecule has 0 unspecified atom stereocenters. The molecule has 1 aromatic carbocycles. The number of amides is 1. The molecule has 1 amide bonds.